The monoisotopic (exact) mass is 364 g/mol. The second-order valence-electron chi connectivity index (χ2n) is 5.00. The summed E-state index contributed by atoms with van der Waals surface area (Å²) in [6.45, 7) is 1.68. The minimum Gasteiger partial charge on any atom is -0.493 e. The molecule has 0 unspecified atom stereocenters. The summed E-state index contributed by atoms with van der Waals surface area (Å²) in [5, 5.41) is 0. The molecule has 1 aromatic heterocycles. The van der Waals surface area contributed by atoms with Gasteiger partial charge >= 0.3 is 5.97 Å². The molecule has 0 N–H and O–H groups in total. The van der Waals surface area contributed by atoms with E-state index in [0.717, 1.165) is 11.3 Å². The topological polar surface area (TPSA) is 71.1 Å². The third-order valence-corrected chi connectivity index (χ3v) is 4.81. The van der Waals surface area contributed by atoms with Crippen LogP contribution in [-0.2, 0) is 11.2 Å². The smallest absolute Gasteiger partial charge is 0.342 e. The maximum absolute atomic E-state index is 12.3. The molecule has 0 saturated heterocycles. The van der Waals surface area contributed by atoms with Gasteiger partial charge in [-0.2, -0.15) is 0 Å². The minimum absolute atomic E-state index is 0.161. The number of esters is 1. The molecule has 0 aliphatic carbocycles. The molecule has 7 heteroatoms. The van der Waals surface area contributed by atoms with Crippen molar-refractivity contribution in [2.75, 3.05) is 27.9 Å². The predicted octanol–water partition coefficient (Wildman–Crippen LogP) is 3.38. The predicted molar refractivity (Wildman–Crippen MR) is 94.4 cm³/mol. The molecule has 0 aliphatic heterocycles. The molecule has 25 heavy (non-hydrogen) atoms. The summed E-state index contributed by atoms with van der Waals surface area (Å²) in [5.74, 6) is 0.00823. The molecule has 2 aromatic rings. The highest BCUT2D eigenvalue weighted by molar-refractivity contribution is 7.14. The van der Waals surface area contributed by atoms with Crippen molar-refractivity contribution < 1.29 is 28.5 Å². The highest BCUT2D eigenvalue weighted by atomic mass is 32.1. The molecule has 0 aliphatic rings. The number of hydrogen-bond donors (Lipinski definition) is 0. The van der Waals surface area contributed by atoms with Crippen LogP contribution in [0.2, 0.25) is 0 Å². The van der Waals surface area contributed by atoms with Crippen LogP contribution in [0.3, 0.4) is 0 Å². The second kappa shape index (κ2) is 8.53. The van der Waals surface area contributed by atoms with E-state index in [2.05, 4.69) is 0 Å². The van der Waals surface area contributed by atoms with Gasteiger partial charge in [0.05, 0.1) is 26.2 Å². The summed E-state index contributed by atoms with van der Waals surface area (Å²) in [5.41, 5.74) is 0.161. The van der Waals surface area contributed by atoms with Crippen molar-refractivity contribution >= 4 is 23.1 Å². The molecule has 0 fully saturated rings. The number of hydrogen-bond acceptors (Lipinski definition) is 7. The van der Waals surface area contributed by atoms with E-state index in [0.29, 0.717) is 10.6 Å². The number of ether oxygens (including phenoxy) is 4. The normalized spacial score (nSPS) is 10.2. The van der Waals surface area contributed by atoms with Gasteiger partial charge in [0.2, 0.25) is 11.5 Å². The van der Waals surface area contributed by atoms with Crippen molar-refractivity contribution in [1.82, 2.24) is 0 Å². The molecule has 0 spiro atoms. The zero-order valence-electron chi connectivity index (χ0n) is 14.6. The Bertz CT molecular complexity index is 765. The first-order valence-electron chi connectivity index (χ1n) is 7.63. The highest BCUT2D eigenvalue weighted by Gasteiger charge is 2.22. The largest absolute Gasteiger partial charge is 0.493 e. The van der Waals surface area contributed by atoms with Crippen molar-refractivity contribution in [3.8, 4) is 17.2 Å². The number of rotatable bonds is 8. The first-order chi connectivity index (χ1) is 12.0. The fraction of sp³-hybridized carbons (Fsp3) is 0.333. The molecule has 1 heterocycles. The van der Waals surface area contributed by atoms with Crippen molar-refractivity contribution in [2.45, 2.75) is 13.3 Å². The van der Waals surface area contributed by atoms with E-state index < -0.39 is 5.97 Å². The fourth-order valence-electron chi connectivity index (χ4n) is 2.26. The van der Waals surface area contributed by atoms with Crippen LogP contribution in [0, 0.1) is 0 Å². The standard InChI is InChI=1S/C18H20O6S/c1-5-11-6-9-15(25-11)13(19)10-24-18(20)12-7-8-14(21-2)17(23-4)16(12)22-3/h6-9H,5,10H2,1-4H3. The molecular weight excluding hydrogens is 344 g/mol. The molecule has 0 bridgehead atoms. The van der Waals surface area contributed by atoms with Crippen LogP contribution in [0.15, 0.2) is 24.3 Å². The number of carbonyl (C=O) groups is 2. The number of Topliss-reactive ketones (excluding diaryl/α,β-unsaturated/α-hetero) is 1. The Balaban J connectivity index is 2.14. The lowest BCUT2D eigenvalue weighted by molar-refractivity contribution is 0.0472. The zero-order valence-corrected chi connectivity index (χ0v) is 15.4. The minimum atomic E-state index is -0.668. The number of carbonyl (C=O) groups excluding carboxylic acids is 2. The average molecular weight is 364 g/mol. The van der Waals surface area contributed by atoms with E-state index >= 15 is 0 Å². The van der Waals surface area contributed by atoms with E-state index in [1.54, 1.807) is 12.1 Å². The third-order valence-electron chi connectivity index (χ3n) is 3.54. The number of aryl methyl sites for hydroxylation is 1. The second-order valence-corrected chi connectivity index (χ2v) is 6.17. The summed E-state index contributed by atoms with van der Waals surface area (Å²) in [4.78, 5) is 26.2. The van der Waals surface area contributed by atoms with Crippen molar-refractivity contribution in [3.05, 3.63) is 39.6 Å². The highest BCUT2D eigenvalue weighted by Crippen LogP contribution is 2.39. The van der Waals surface area contributed by atoms with E-state index in [9.17, 15) is 9.59 Å². The van der Waals surface area contributed by atoms with Gasteiger partial charge in [0.25, 0.3) is 0 Å². The number of methoxy groups -OCH3 is 3. The summed E-state index contributed by atoms with van der Waals surface area (Å²) in [6, 6.07) is 6.73. The molecule has 1 aromatic carbocycles. The van der Waals surface area contributed by atoms with Crippen LogP contribution < -0.4 is 14.2 Å². The maximum Gasteiger partial charge on any atom is 0.342 e. The molecule has 2 rings (SSSR count). The van der Waals surface area contributed by atoms with Gasteiger partial charge in [-0.05, 0) is 30.7 Å². The van der Waals surface area contributed by atoms with E-state index in [-0.39, 0.29) is 29.5 Å². The SMILES string of the molecule is CCc1ccc(C(=O)COC(=O)c2ccc(OC)c(OC)c2OC)s1. The molecular formula is C18H20O6S. The Morgan fingerprint density at radius 2 is 1.68 bits per heavy atom. The average Bonchev–Trinajstić information content (AvgIpc) is 3.13. The van der Waals surface area contributed by atoms with E-state index in [1.807, 2.05) is 13.0 Å². The fourth-order valence-corrected chi connectivity index (χ4v) is 3.13. The summed E-state index contributed by atoms with van der Waals surface area (Å²) in [6.07, 6.45) is 0.862. The molecule has 0 atom stereocenters. The quantitative estimate of drug-likeness (QED) is 0.528. The molecule has 134 valence electrons. The Labute approximate surface area is 150 Å². The van der Waals surface area contributed by atoms with Crippen LogP contribution in [0.4, 0.5) is 0 Å². The lowest BCUT2D eigenvalue weighted by atomic mass is 10.1. The van der Waals surface area contributed by atoms with Crippen LogP contribution in [-0.4, -0.2) is 39.7 Å². The van der Waals surface area contributed by atoms with Gasteiger partial charge in [0.15, 0.2) is 18.1 Å². The van der Waals surface area contributed by atoms with Crippen molar-refractivity contribution in [1.29, 1.82) is 0 Å². The van der Waals surface area contributed by atoms with Crippen molar-refractivity contribution in [3.63, 3.8) is 0 Å². The van der Waals surface area contributed by atoms with Gasteiger partial charge in [-0.15, -0.1) is 11.3 Å². The van der Waals surface area contributed by atoms with Crippen LogP contribution in [0.25, 0.3) is 0 Å². The van der Waals surface area contributed by atoms with E-state index in [1.165, 1.54) is 38.7 Å². The zero-order chi connectivity index (χ0) is 18.4. The number of thiophene rings is 1. The van der Waals surface area contributed by atoms with Gasteiger partial charge in [-0.3, -0.25) is 4.79 Å². The lowest BCUT2D eigenvalue weighted by Gasteiger charge is -2.14. The van der Waals surface area contributed by atoms with Gasteiger partial charge in [0.1, 0.15) is 5.56 Å². The Morgan fingerprint density at radius 1 is 0.960 bits per heavy atom. The van der Waals surface area contributed by atoms with E-state index in [4.69, 9.17) is 18.9 Å². The summed E-state index contributed by atoms with van der Waals surface area (Å²) >= 11 is 1.41. The molecule has 0 radical (unpaired) electrons. The van der Waals surface area contributed by atoms with Gasteiger partial charge in [-0.25, -0.2) is 4.79 Å². The lowest BCUT2D eigenvalue weighted by Crippen LogP contribution is -2.14. The van der Waals surface area contributed by atoms with Gasteiger partial charge < -0.3 is 18.9 Å². The van der Waals surface area contributed by atoms with Gasteiger partial charge in [0, 0.05) is 4.88 Å². The third kappa shape index (κ3) is 4.11. The van der Waals surface area contributed by atoms with Gasteiger partial charge in [-0.1, -0.05) is 6.92 Å². The van der Waals surface area contributed by atoms with Crippen LogP contribution in [0.5, 0.6) is 17.2 Å². The Hall–Kier alpha value is -2.54. The first kappa shape index (κ1) is 18.8. The van der Waals surface area contributed by atoms with Crippen LogP contribution in [0.1, 0.15) is 31.8 Å². The first-order valence-corrected chi connectivity index (χ1v) is 8.45. The molecule has 0 amide bonds. The number of ketones is 1. The van der Waals surface area contributed by atoms with Crippen LogP contribution >= 0.6 is 11.3 Å². The summed E-state index contributed by atoms with van der Waals surface area (Å²) in [7, 11) is 4.35. The molecule has 6 nitrogen and oxygen atoms in total. The maximum atomic E-state index is 12.3. The Kier molecular flexibility index (Phi) is 6.41. The molecule has 0 saturated carbocycles. The van der Waals surface area contributed by atoms with Crippen molar-refractivity contribution in [2.24, 2.45) is 0 Å². The number of benzene rings is 1. The summed E-state index contributed by atoms with van der Waals surface area (Å²) < 4.78 is 20.8. The Morgan fingerprint density at radius 3 is 2.24 bits per heavy atom.